The first kappa shape index (κ1) is 9.93. The van der Waals surface area contributed by atoms with E-state index in [2.05, 4.69) is 4.90 Å². The largest absolute Gasteiger partial charge is 0.481 e. The maximum absolute atomic E-state index is 10.8. The Morgan fingerprint density at radius 3 is 2.43 bits per heavy atom. The highest BCUT2D eigenvalue weighted by Gasteiger charge is 2.43. The van der Waals surface area contributed by atoms with Gasteiger partial charge < -0.3 is 10.2 Å². The second-order valence-corrected chi connectivity index (χ2v) is 4.59. The molecule has 4 atom stereocenters. The summed E-state index contributed by atoms with van der Waals surface area (Å²) in [5, 5.41) is 18.5. The van der Waals surface area contributed by atoms with Crippen LogP contribution < -0.4 is 0 Å². The smallest absolute Gasteiger partial charge is 0.308 e. The third-order valence-corrected chi connectivity index (χ3v) is 3.63. The van der Waals surface area contributed by atoms with Crippen LogP contribution in [0.5, 0.6) is 0 Å². The molecule has 1 aliphatic carbocycles. The van der Waals surface area contributed by atoms with Gasteiger partial charge in [0.1, 0.15) is 0 Å². The zero-order chi connectivity index (χ0) is 10.3. The van der Waals surface area contributed by atoms with E-state index in [9.17, 15) is 9.90 Å². The quantitative estimate of drug-likeness (QED) is 0.665. The van der Waals surface area contributed by atoms with Crippen LogP contribution in [-0.2, 0) is 4.79 Å². The summed E-state index contributed by atoms with van der Waals surface area (Å²) in [4.78, 5) is 13.0. The number of aliphatic hydroxyl groups is 1. The number of hydrogen-bond donors (Lipinski definition) is 2. The van der Waals surface area contributed by atoms with Gasteiger partial charge in [0.15, 0.2) is 0 Å². The van der Waals surface area contributed by atoms with Gasteiger partial charge in [-0.05, 0) is 18.8 Å². The fourth-order valence-corrected chi connectivity index (χ4v) is 2.46. The molecular formula is C10H17NO3. The van der Waals surface area contributed by atoms with Crippen LogP contribution in [0.15, 0.2) is 0 Å². The standard InChI is InChI=1S/C10H17NO3/c1-6-4-11(5-9(6)12)8-3-2-7(8)10(13)14/h6-9,12H,2-5H2,1H3,(H,13,14). The minimum absolute atomic E-state index is 0.173. The zero-order valence-electron chi connectivity index (χ0n) is 8.39. The predicted molar refractivity (Wildman–Crippen MR) is 50.9 cm³/mol. The summed E-state index contributed by atoms with van der Waals surface area (Å²) in [6, 6.07) is 0.173. The topological polar surface area (TPSA) is 60.8 Å². The summed E-state index contributed by atoms with van der Waals surface area (Å²) in [7, 11) is 0. The molecule has 0 aromatic heterocycles. The van der Waals surface area contributed by atoms with Gasteiger partial charge in [-0.1, -0.05) is 6.92 Å². The van der Waals surface area contributed by atoms with E-state index in [0.29, 0.717) is 6.54 Å². The molecule has 1 saturated carbocycles. The Labute approximate surface area is 83.5 Å². The van der Waals surface area contributed by atoms with Crippen molar-refractivity contribution in [1.29, 1.82) is 0 Å². The van der Waals surface area contributed by atoms with Gasteiger partial charge in [0, 0.05) is 19.1 Å². The van der Waals surface area contributed by atoms with E-state index in [-0.39, 0.29) is 24.0 Å². The summed E-state index contributed by atoms with van der Waals surface area (Å²) in [5.74, 6) is -0.604. The van der Waals surface area contributed by atoms with Crippen molar-refractivity contribution < 1.29 is 15.0 Å². The number of carboxylic acids is 1. The highest BCUT2D eigenvalue weighted by molar-refractivity contribution is 5.72. The molecule has 4 heteroatoms. The molecule has 4 nitrogen and oxygen atoms in total. The lowest BCUT2D eigenvalue weighted by molar-refractivity contribution is -0.148. The van der Waals surface area contributed by atoms with Crippen LogP contribution in [0.1, 0.15) is 19.8 Å². The minimum atomic E-state index is -0.685. The van der Waals surface area contributed by atoms with Gasteiger partial charge in [0.2, 0.25) is 0 Å². The molecule has 80 valence electrons. The van der Waals surface area contributed by atoms with Crippen LogP contribution in [-0.4, -0.2) is 46.3 Å². The molecule has 0 radical (unpaired) electrons. The first-order chi connectivity index (χ1) is 6.59. The Morgan fingerprint density at radius 1 is 1.36 bits per heavy atom. The van der Waals surface area contributed by atoms with Gasteiger partial charge in [-0.3, -0.25) is 9.69 Å². The molecular weight excluding hydrogens is 182 g/mol. The normalized spacial score (nSPS) is 43.6. The molecule has 2 aliphatic rings. The van der Waals surface area contributed by atoms with Crippen molar-refractivity contribution in [2.75, 3.05) is 13.1 Å². The maximum atomic E-state index is 10.8. The minimum Gasteiger partial charge on any atom is -0.481 e. The molecule has 1 heterocycles. The van der Waals surface area contributed by atoms with Crippen molar-refractivity contribution in [2.24, 2.45) is 11.8 Å². The number of aliphatic hydroxyl groups excluding tert-OH is 1. The molecule has 2 rings (SSSR count). The molecule has 1 aliphatic heterocycles. The van der Waals surface area contributed by atoms with Crippen molar-refractivity contribution in [2.45, 2.75) is 31.9 Å². The van der Waals surface area contributed by atoms with Gasteiger partial charge in [0.05, 0.1) is 12.0 Å². The summed E-state index contributed by atoms with van der Waals surface area (Å²) in [5.41, 5.74) is 0. The Hall–Kier alpha value is -0.610. The van der Waals surface area contributed by atoms with Crippen LogP contribution in [0.2, 0.25) is 0 Å². The lowest BCUT2D eigenvalue weighted by Crippen LogP contribution is -2.49. The SMILES string of the molecule is CC1CN(C2CCC2C(=O)O)CC1O. The number of rotatable bonds is 2. The van der Waals surface area contributed by atoms with Crippen LogP contribution in [0.25, 0.3) is 0 Å². The second-order valence-electron chi connectivity index (χ2n) is 4.59. The predicted octanol–water partition coefficient (Wildman–Crippen LogP) is 0.162. The van der Waals surface area contributed by atoms with Crippen LogP contribution in [0.4, 0.5) is 0 Å². The number of aliphatic carboxylic acids is 1. The lowest BCUT2D eigenvalue weighted by Gasteiger charge is -2.40. The Morgan fingerprint density at radius 2 is 2.07 bits per heavy atom. The van der Waals surface area contributed by atoms with Crippen molar-refractivity contribution in [1.82, 2.24) is 4.90 Å². The molecule has 1 saturated heterocycles. The van der Waals surface area contributed by atoms with E-state index in [1.165, 1.54) is 0 Å². The maximum Gasteiger partial charge on any atom is 0.308 e. The summed E-state index contributed by atoms with van der Waals surface area (Å²) < 4.78 is 0. The number of carboxylic acid groups (broad SMARTS) is 1. The molecule has 0 bridgehead atoms. The highest BCUT2D eigenvalue weighted by atomic mass is 16.4. The van der Waals surface area contributed by atoms with Gasteiger partial charge >= 0.3 is 5.97 Å². The Kier molecular flexibility index (Phi) is 2.49. The van der Waals surface area contributed by atoms with Gasteiger partial charge in [-0.2, -0.15) is 0 Å². The molecule has 0 amide bonds. The molecule has 0 spiro atoms. The number of β-amino-alcohol motifs (C(OH)–C–C–N with tert-alkyl or cyclic N) is 1. The van der Waals surface area contributed by atoms with Crippen molar-refractivity contribution in [3.05, 3.63) is 0 Å². The monoisotopic (exact) mass is 199 g/mol. The first-order valence-corrected chi connectivity index (χ1v) is 5.24. The third kappa shape index (κ3) is 1.53. The average molecular weight is 199 g/mol. The fourth-order valence-electron chi connectivity index (χ4n) is 2.46. The van der Waals surface area contributed by atoms with Crippen LogP contribution >= 0.6 is 0 Å². The zero-order valence-corrected chi connectivity index (χ0v) is 8.39. The van der Waals surface area contributed by atoms with E-state index in [0.717, 1.165) is 19.4 Å². The van der Waals surface area contributed by atoms with Crippen molar-refractivity contribution in [3.8, 4) is 0 Å². The van der Waals surface area contributed by atoms with Gasteiger partial charge in [0.25, 0.3) is 0 Å². The molecule has 2 fully saturated rings. The van der Waals surface area contributed by atoms with Crippen molar-refractivity contribution in [3.63, 3.8) is 0 Å². The third-order valence-electron chi connectivity index (χ3n) is 3.63. The number of carbonyl (C=O) groups is 1. The average Bonchev–Trinajstić information content (AvgIpc) is 2.27. The van der Waals surface area contributed by atoms with E-state index in [4.69, 9.17) is 5.11 Å². The number of nitrogens with zero attached hydrogens (tertiary/aromatic N) is 1. The number of hydrogen-bond acceptors (Lipinski definition) is 3. The van der Waals surface area contributed by atoms with E-state index in [1.54, 1.807) is 0 Å². The van der Waals surface area contributed by atoms with Crippen LogP contribution in [0, 0.1) is 11.8 Å². The molecule has 2 N–H and O–H groups in total. The Bertz CT molecular complexity index is 234. The lowest BCUT2D eigenvalue weighted by atomic mass is 9.78. The van der Waals surface area contributed by atoms with E-state index >= 15 is 0 Å². The highest BCUT2D eigenvalue weighted by Crippen LogP contribution is 2.35. The van der Waals surface area contributed by atoms with E-state index in [1.807, 2.05) is 6.92 Å². The fraction of sp³-hybridized carbons (Fsp3) is 0.900. The second kappa shape index (κ2) is 3.51. The van der Waals surface area contributed by atoms with Crippen molar-refractivity contribution >= 4 is 5.97 Å². The van der Waals surface area contributed by atoms with Crippen LogP contribution in [0.3, 0.4) is 0 Å². The molecule has 0 aromatic carbocycles. The summed E-state index contributed by atoms with van der Waals surface area (Å²) in [6.07, 6.45) is 1.49. The summed E-state index contributed by atoms with van der Waals surface area (Å²) in [6.45, 7) is 3.50. The van der Waals surface area contributed by atoms with Gasteiger partial charge in [-0.25, -0.2) is 0 Å². The van der Waals surface area contributed by atoms with E-state index < -0.39 is 5.97 Å². The summed E-state index contributed by atoms with van der Waals surface area (Å²) >= 11 is 0. The first-order valence-electron chi connectivity index (χ1n) is 5.24. The number of likely N-dealkylation sites (tertiary alicyclic amines) is 1. The van der Waals surface area contributed by atoms with Gasteiger partial charge in [-0.15, -0.1) is 0 Å². The molecule has 4 unspecified atom stereocenters. The Balaban J connectivity index is 1.94. The molecule has 0 aromatic rings. The molecule has 14 heavy (non-hydrogen) atoms.